The molecular formula is C31H33F3O4. The van der Waals surface area contributed by atoms with Gasteiger partial charge in [-0.2, -0.15) is 0 Å². The maximum absolute atomic E-state index is 15.5. The SMILES string of the molecule is COC(=O)CCc1cccc(OCc2cc(C3CCCC3(C)C)c(-c3cc(OC)ccc3F)cc2F)c1F. The van der Waals surface area contributed by atoms with Crippen molar-refractivity contribution < 1.29 is 32.2 Å². The van der Waals surface area contributed by atoms with Gasteiger partial charge in [0.1, 0.15) is 24.0 Å². The van der Waals surface area contributed by atoms with Crippen molar-refractivity contribution >= 4 is 5.97 Å². The van der Waals surface area contributed by atoms with E-state index in [0.717, 1.165) is 24.8 Å². The highest BCUT2D eigenvalue weighted by molar-refractivity contribution is 5.71. The molecule has 4 nitrogen and oxygen atoms in total. The molecule has 0 amide bonds. The second-order valence-electron chi connectivity index (χ2n) is 10.4. The van der Waals surface area contributed by atoms with Crippen LogP contribution in [0.15, 0.2) is 48.5 Å². The Morgan fingerprint density at radius 1 is 0.974 bits per heavy atom. The van der Waals surface area contributed by atoms with Crippen molar-refractivity contribution in [2.45, 2.75) is 58.5 Å². The molecule has 3 aromatic rings. The van der Waals surface area contributed by atoms with E-state index in [-0.39, 0.29) is 47.7 Å². The largest absolute Gasteiger partial charge is 0.497 e. The highest BCUT2D eigenvalue weighted by atomic mass is 19.1. The summed E-state index contributed by atoms with van der Waals surface area (Å²) in [6, 6.07) is 12.2. The minimum Gasteiger partial charge on any atom is -0.497 e. The van der Waals surface area contributed by atoms with Gasteiger partial charge < -0.3 is 14.2 Å². The second kappa shape index (κ2) is 11.5. The van der Waals surface area contributed by atoms with Gasteiger partial charge >= 0.3 is 5.97 Å². The summed E-state index contributed by atoms with van der Waals surface area (Å²) in [7, 11) is 2.78. The Bertz CT molecular complexity index is 1320. The van der Waals surface area contributed by atoms with Crippen LogP contribution in [0, 0.1) is 22.9 Å². The van der Waals surface area contributed by atoms with Crippen LogP contribution in [0.4, 0.5) is 13.2 Å². The topological polar surface area (TPSA) is 44.8 Å². The molecule has 0 radical (unpaired) electrons. The monoisotopic (exact) mass is 526 g/mol. The molecule has 1 atom stereocenters. The third-order valence-electron chi connectivity index (χ3n) is 7.57. The zero-order valence-electron chi connectivity index (χ0n) is 22.2. The van der Waals surface area contributed by atoms with Crippen LogP contribution in [-0.2, 0) is 22.6 Å². The second-order valence-corrected chi connectivity index (χ2v) is 10.4. The lowest BCUT2D eigenvalue weighted by Crippen LogP contribution is -2.17. The van der Waals surface area contributed by atoms with Crippen LogP contribution in [0.5, 0.6) is 11.5 Å². The van der Waals surface area contributed by atoms with E-state index in [0.29, 0.717) is 16.9 Å². The zero-order chi connectivity index (χ0) is 27.4. The Labute approximate surface area is 221 Å². The number of halogens is 3. The van der Waals surface area contributed by atoms with Gasteiger partial charge in [0.25, 0.3) is 0 Å². The summed E-state index contributed by atoms with van der Waals surface area (Å²) in [5, 5.41) is 0. The number of ether oxygens (including phenoxy) is 3. The summed E-state index contributed by atoms with van der Waals surface area (Å²) in [6.45, 7) is 4.14. The molecule has 1 unspecified atom stereocenters. The van der Waals surface area contributed by atoms with E-state index in [9.17, 15) is 9.18 Å². The summed E-state index contributed by atoms with van der Waals surface area (Å²) in [5.41, 5.74) is 2.11. The number of carbonyl (C=O) groups excluding carboxylic acids is 1. The van der Waals surface area contributed by atoms with Crippen LogP contribution in [0.2, 0.25) is 0 Å². The highest BCUT2D eigenvalue weighted by Crippen LogP contribution is 2.51. The fourth-order valence-corrected chi connectivity index (χ4v) is 5.37. The van der Waals surface area contributed by atoms with Crippen LogP contribution in [0.1, 0.15) is 62.1 Å². The molecule has 202 valence electrons. The highest BCUT2D eigenvalue weighted by Gasteiger charge is 2.37. The van der Waals surface area contributed by atoms with E-state index in [1.165, 1.54) is 38.5 Å². The van der Waals surface area contributed by atoms with Crippen molar-refractivity contribution in [2.75, 3.05) is 14.2 Å². The Hall–Kier alpha value is -3.48. The first-order valence-electron chi connectivity index (χ1n) is 12.8. The van der Waals surface area contributed by atoms with Gasteiger partial charge in [-0.15, -0.1) is 0 Å². The molecule has 0 N–H and O–H groups in total. The minimum atomic E-state index is -0.593. The Kier molecular flexibility index (Phi) is 8.34. The van der Waals surface area contributed by atoms with Gasteiger partial charge in [-0.3, -0.25) is 4.79 Å². The van der Waals surface area contributed by atoms with Gasteiger partial charge in [0.2, 0.25) is 0 Å². The van der Waals surface area contributed by atoms with E-state index in [1.54, 1.807) is 24.3 Å². The molecule has 38 heavy (non-hydrogen) atoms. The predicted octanol–water partition coefficient (Wildman–Crippen LogP) is 7.76. The van der Waals surface area contributed by atoms with Crippen molar-refractivity contribution in [1.82, 2.24) is 0 Å². The van der Waals surface area contributed by atoms with Crippen molar-refractivity contribution in [3.8, 4) is 22.6 Å². The molecule has 1 aliphatic carbocycles. The number of benzene rings is 3. The zero-order valence-corrected chi connectivity index (χ0v) is 22.2. The van der Waals surface area contributed by atoms with Crippen LogP contribution < -0.4 is 9.47 Å². The molecule has 3 aromatic carbocycles. The van der Waals surface area contributed by atoms with Crippen LogP contribution in [0.25, 0.3) is 11.1 Å². The van der Waals surface area contributed by atoms with Crippen molar-refractivity contribution in [1.29, 1.82) is 0 Å². The van der Waals surface area contributed by atoms with Crippen molar-refractivity contribution in [2.24, 2.45) is 5.41 Å². The molecule has 0 bridgehead atoms. The standard InChI is InChI=1S/C31H33F3O4/c1-31(2)14-6-8-25(31)23-15-20(27(33)17-22(23)24-16-21(36-3)11-12-26(24)32)18-38-28-9-5-7-19(30(28)34)10-13-29(35)37-4/h5,7,9,11-12,15-17,25H,6,8,10,13-14,18H2,1-4H3. The predicted molar refractivity (Wildman–Crippen MR) is 140 cm³/mol. The number of rotatable bonds is 9. The van der Waals surface area contributed by atoms with Gasteiger partial charge in [0.15, 0.2) is 11.6 Å². The van der Waals surface area contributed by atoms with E-state index in [1.807, 2.05) is 0 Å². The Balaban J connectivity index is 1.69. The molecule has 0 heterocycles. The van der Waals surface area contributed by atoms with Gasteiger partial charge in [0, 0.05) is 17.5 Å². The molecule has 1 fully saturated rings. The Morgan fingerprint density at radius 2 is 1.76 bits per heavy atom. The van der Waals surface area contributed by atoms with E-state index in [2.05, 4.69) is 18.6 Å². The number of methoxy groups -OCH3 is 2. The van der Waals surface area contributed by atoms with Gasteiger partial charge in [-0.25, -0.2) is 13.2 Å². The number of esters is 1. The first-order valence-corrected chi connectivity index (χ1v) is 12.8. The van der Waals surface area contributed by atoms with E-state index in [4.69, 9.17) is 9.47 Å². The third-order valence-corrected chi connectivity index (χ3v) is 7.57. The number of carbonyl (C=O) groups is 1. The van der Waals surface area contributed by atoms with Gasteiger partial charge in [-0.1, -0.05) is 32.4 Å². The normalized spacial score (nSPS) is 16.3. The third kappa shape index (κ3) is 5.82. The molecule has 0 aliphatic heterocycles. The Morgan fingerprint density at radius 3 is 2.45 bits per heavy atom. The summed E-state index contributed by atoms with van der Waals surface area (Å²) in [4.78, 5) is 11.5. The smallest absolute Gasteiger partial charge is 0.305 e. The van der Waals surface area contributed by atoms with Gasteiger partial charge in [-0.05, 0) is 83.7 Å². The first kappa shape index (κ1) is 27.6. The number of aryl methyl sites for hydroxylation is 1. The maximum atomic E-state index is 15.5. The molecule has 7 heteroatoms. The van der Waals surface area contributed by atoms with Crippen LogP contribution >= 0.6 is 0 Å². The average molecular weight is 527 g/mol. The van der Waals surface area contributed by atoms with Crippen LogP contribution in [0.3, 0.4) is 0 Å². The quantitative estimate of drug-likeness (QED) is 0.267. The minimum absolute atomic E-state index is 0.0302. The average Bonchev–Trinajstić information content (AvgIpc) is 3.26. The fourth-order valence-electron chi connectivity index (χ4n) is 5.37. The molecular weight excluding hydrogens is 493 g/mol. The van der Waals surface area contributed by atoms with Crippen LogP contribution in [-0.4, -0.2) is 20.2 Å². The summed E-state index contributed by atoms with van der Waals surface area (Å²) < 4.78 is 61.1. The molecule has 1 aliphatic rings. The number of hydrogen-bond donors (Lipinski definition) is 0. The lowest BCUT2D eigenvalue weighted by atomic mass is 9.75. The fraction of sp³-hybridized carbons (Fsp3) is 0.387. The van der Waals surface area contributed by atoms with E-state index >= 15 is 8.78 Å². The number of hydrogen-bond acceptors (Lipinski definition) is 4. The summed E-state index contributed by atoms with van der Waals surface area (Å²) in [6.07, 6.45) is 3.11. The van der Waals surface area contributed by atoms with Crippen molar-refractivity contribution in [3.63, 3.8) is 0 Å². The first-order chi connectivity index (χ1) is 18.1. The van der Waals surface area contributed by atoms with E-state index < -0.39 is 23.4 Å². The summed E-state index contributed by atoms with van der Waals surface area (Å²) in [5.74, 6) is -1.52. The summed E-state index contributed by atoms with van der Waals surface area (Å²) >= 11 is 0. The van der Waals surface area contributed by atoms with Gasteiger partial charge in [0.05, 0.1) is 14.2 Å². The molecule has 0 saturated heterocycles. The molecule has 0 spiro atoms. The van der Waals surface area contributed by atoms with Crippen molar-refractivity contribution in [3.05, 3.63) is 82.7 Å². The molecule has 0 aromatic heterocycles. The lowest BCUT2D eigenvalue weighted by Gasteiger charge is -2.30. The maximum Gasteiger partial charge on any atom is 0.305 e. The lowest BCUT2D eigenvalue weighted by molar-refractivity contribution is -0.140. The molecule has 4 rings (SSSR count). The molecule has 1 saturated carbocycles.